The molecule has 0 unspecified atom stereocenters. The third-order valence-electron chi connectivity index (χ3n) is 5.95. The standard InChI is InChI=1S/C24H25N7OS/c1-16-25-8-11-31(16)23-13-22(26-15-27-23)30-9-6-18(7-10-30)24(32)29-20-5-3-4-19(12-20)21-14-33-17(2)28-21/h3-5,8,11-15,18H,6-7,9-10H2,1-2H3,(H,29,32). The van der Waals surface area contributed by atoms with Crippen molar-refractivity contribution < 1.29 is 4.79 Å². The highest BCUT2D eigenvalue weighted by Gasteiger charge is 2.26. The summed E-state index contributed by atoms with van der Waals surface area (Å²) in [5, 5.41) is 6.17. The van der Waals surface area contributed by atoms with Gasteiger partial charge in [-0.15, -0.1) is 11.3 Å². The number of hydrogen-bond acceptors (Lipinski definition) is 7. The molecule has 33 heavy (non-hydrogen) atoms. The van der Waals surface area contributed by atoms with Crippen LogP contribution in [-0.2, 0) is 4.79 Å². The summed E-state index contributed by atoms with van der Waals surface area (Å²) >= 11 is 1.62. The highest BCUT2D eigenvalue weighted by atomic mass is 32.1. The van der Waals surface area contributed by atoms with Crippen molar-refractivity contribution in [2.24, 2.45) is 5.92 Å². The van der Waals surface area contributed by atoms with Gasteiger partial charge in [-0.25, -0.2) is 19.9 Å². The van der Waals surface area contributed by atoms with Crippen molar-refractivity contribution in [3.05, 3.63) is 65.3 Å². The predicted octanol–water partition coefficient (Wildman–Crippen LogP) is 4.26. The van der Waals surface area contributed by atoms with Crippen molar-refractivity contribution in [1.29, 1.82) is 0 Å². The molecule has 4 heterocycles. The van der Waals surface area contributed by atoms with Gasteiger partial charge in [-0.3, -0.25) is 9.36 Å². The van der Waals surface area contributed by atoms with Gasteiger partial charge < -0.3 is 10.2 Å². The molecule has 1 aliphatic rings. The topological polar surface area (TPSA) is 88.8 Å². The molecule has 0 radical (unpaired) electrons. The smallest absolute Gasteiger partial charge is 0.227 e. The number of aryl methyl sites for hydroxylation is 2. The van der Waals surface area contributed by atoms with Crippen LogP contribution in [0.4, 0.5) is 11.5 Å². The Morgan fingerprint density at radius 1 is 1.09 bits per heavy atom. The Morgan fingerprint density at radius 3 is 2.64 bits per heavy atom. The highest BCUT2D eigenvalue weighted by molar-refractivity contribution is 7.09. The van der Waals surface area contributed by atoms with Crippen LogP contribution in [0.15, 0.2) is 54.4 Å². The Morgan fingerprint density at radius 2 is 1.91 bits per heavy atom. The van der Waals surface area contributed by atoms with E-state index in [2.05, 4.69) is 30.2 Å². The SMILES string of the molecule is Cc1nc(-c2cccc(NC(=O)C3CCN(c4cc(-n5ccnc5C)ncn4)CC3)c2)cs1. The first-order valence-corrected chi connectivity index (χ1v) is 11.9. The molecule has 0 spiro atoms. The van der Waals surface area contributed by atoms with Crippen LogP contribution in [0.25, 0.3) is 17.1 Å². The number of thiazole rings is 1. The van der Waals surface area contributed by atoms with Crippen LogP contribution in [0.5, 0.6) is 0 Å². The van der Waals surface area contributed by atoms with Crippen LogP contribution in [0, 0.1) is 19.8 Å². The quantitative estimate of drug-likeness (QED) is 0.480. The number of rotatable bonds is 5. The Hall–Kier alpha value is -3.59. The Kier molecular flexibility index (Phi) is 5.87. The summed E-state index contributed by atoms with van der Waals surface area (Å²) in [5.74, 6) is 2.59. The van der Waals surface area contributed by atoms with Crippen molar-refractivity contribution >= 4 is 28.7 Å². The van der Waals surface area contributed by atoms with Crippen LogP contribution in [0.2, 0.25) is 0 Å². The van der Waals surface area contributed by atoms with E-state index >= 15 is 0 Å². The maximum atomic E-state index is 12.9. The fourth-order valence-electron chi connectivity index (χ4n) is 4.13. The minimum atomic E-state index is -0.0244. The lowest BCUT2D eigenvalue weighted by molar-refractivity contribution is -0.120. The first kappa shape index (κ1) is 21.3. The van der Waals surface area contributed by atoms with Gasteiger partial charge in [-0.2, -0.15) is 0 Å². The lowest BCUT2D eigenvalue weighted by Crippen LogP contribution is -2.38. The third kappa shape index (κ3) is 4.63. The van der Waals surface area contributed by atoms with E-state index in [0.717, 1.165) is 65.3 Å². The van der Waals surface area contributed by atoms with E-state index in [1.807, 2.05) is 60.3 Å². The molecule has 8 nitrogen and oxygen atoms in total. The van der Waals surface area contributed by atoms with E-state index in [9.17, 15) is 4.79 Å². The number of imidazole rings is 1. The molecule has 9 heteroatoms. The van der Waals surface area contributed by atoms with Crippen molar-refractivity contribution in [3.63, 3.8) is 0 Å². The first-order chi connectivity index (χ1) is 16.1. The summed E-state index contributed by atoms with van der Waals surface area (Å²) in [6.45, 7) is 5.48. The number of nitrogens with one attached hydrogen (secondary N) is 1. The fraction of sp³-hybridized carbons (Fsp3) is 0.292. The number of benzene rings is 1. The van der Waals surface area contributed by atoms with Gasteiger partial charge in [-0.05, 0) is 38.8 Å². The molecule has 168 valence electrons. The molecular weight excluding hydrogens is 434 g/mol. The molecule has 0 aliphatic carbocycles. The second-order valence-electron chi connectivity index (χ2n) is 8.16. The van der Waals surface area contributed by atoms with Crippen molar-refractivity contribution in [3.8, 4) is 17.1 Å². The lowest BCUT2D eigenvalue weighted by Gasteiger charge is -2.32. The molecule has 5 rings (SSSR count). The molecular formula is C24H25N7OS. The minimum Gasteiger partial charge on any atom is -0.356 e. The molecule has 1 aromatic carbocycles. The van der Waals surface area contributed by atoms with E-state index in [1.165, 1.54) is 0 Å². The number of carbonyl (C=O) groups excluding carboxylic acids is 1. The van der Waals surface area contributed by atoms with Gasteiger partial charge in [0.1, 0.15) is 23.8 Å². The van der Waals surface area contributed by atoms with E-state index < -0.39 is 0 Å². The monoisotopic (exact) mass is 459 g/mol. The molecule has 1 saturated heterocycles. The zero-order chi connectivity index (χ0) is 22.8. The van der Waals surface area contributed by atoms with Gasteiger partial charge in [0, 0.05) is 54.1 Å². The van der Waals surface area contributed by atoms with Crippen LogP contribution in [-0.4, -0.2) is 43.5 Å². The summed E-state index contributed by atoms with van der Waals surface area (Å²) in [4.78, 5) is 32.8. The third-order valence-corrected chi connectivity index (χ3v) is 6.72. The maximum absolute atomic E-state index is 12.9. The predicted molar refractivity (Wildman–Crippen MR) is 130 cm³/mol. The number of hydrogen-bond donors (Lipinski definition) is 1. The summed E-state index contributed by atoms with van der Waals surface area (Å²) in [5.41, 5.74) is 2.76. The number of amides is 1. The normalized spacial score (nSPS) is 14.4. The second-order valence-corrected chi connectivity index (χ2v) is 9.22. The van der Waals surface area contributed by atoms with Crippen LogP contribution in [0.3, 0.4) is 0 Å². The molecule has 0 atom stereocenters. The lowest BCUT2D eigenvalue weighted by atomic mass is 9.95. The summed E-state index contributed by atoms with van der Waals surface area (Å²) in [6.07, 6.45) is 6.79. The first-order valence-electron chi connectivity index (χ1n) is 11.0. The minimum absolute atomic E-state index is 0.0244. The highest BCUT2D eigenvalue weighted by Crippen LogP contribution is 2.27. The largest absolute Gasteiger partial charge is 0.356 e. The zero-order valence-electron chi connectivity index (χ0n) is 18.6. The van der Waals surface area contributed by atoms with Gasteiger partial charge in [-0.1, -0.05) is 12.1 Å². The molecule has 4 aromatic rings. The molecule has 1 amide bonds. The average Bonchev–Trinajstić information content (AvgIpc) is 3.47. The number of carbonyl (C=O) groups is 1. The summed E-state index contributed by atoms with van der Waals surface area (Å²) < 4.78 is 1.94. The molecule has 0 bridgehead atoms. The van der Waals surface area contributed by atoms with Gasteiger partial charge >= 0.3 is 0 Å². The number of aromatic nitrogens is 5. The van der Waals surface area contributed by atoms with Gasteiger partial charge in [0.25, 0.3) is 0 Å². The van der Waals surface area contributed by atoms with Crippen molar-refractivity contribution in [2.75, 3.05) is 23.3 Å². The van der Waals surface area contributed by atoms with Gasteiger partial charge in [0.2, 0.25) is 5.91 Å². The molecule has 3 aromatic heterocycles. The fourth-order valence-corrected chi connectivity index (χ4v) is 4.75. The van der Waals surface area contributed by atoms with Crippen molar-refractivity contribution in [2.45, 2.75) is 26.7 Å². The maximum Gasteiger partial charge on any atom is 0.227 e. The van der Waals surface area contributed by atoms with Gasteiger partial charge in [0.15, 0.2) is 0 Å². The van der Waals surface area contributed by atoms with Crippen LogP contribution < -0.4 is 10.2 Å². The molecule has 0 saturated carbocycles. The van der Waals surface area contributed by atoms with E-state index in [0.29, 0.717) is 0 Å². The summed E-state index contributed by atoms with van der Waals surface area (Å²) in [7, 11) is 0. The number of piperidine rings is 1. The van der Waals surface area contributed by atoms with Gasteiger partial charge in [0.05, 0.1) is 10.7 Å². The molecule has 1 fully saturated rings. The Balaban J connectivity index is 1.21. The van der Waals surface area contributed by atoms with E-state index in [4.69, 9.17) is 0 Å². The Bertz CT molecular complexity index is 1270. The Labute approximate surface area is 196 Å². The zero-order valence-corrected chi connectivity index (χ0v) is 19.4. The number of nitrogens with zero attached hydrogens (tertiary/aromatic N) is 6. The molecule has 1 aliphatic heterocycles. The van der Waals surface area contributed by atoms with Crippen LogP contribution in [0.1, 0.15) is 23.7 Å². The number of anilines is 2. The molecule has 1 N–H and O–H groups in total. The van der Waals surface area contributed by atoms with E-state index in [1.54, 1.807) is 23.9 Å². The van der Waals surface area contributed by atoms with Crippen LogP contribution >= 0.6 is 11.3 Å². The van der Waals surface area contributed by atoms with E-state index in [-0.39, 0.29) is 11.8 Å². The van der Waals surface area contributed by atoms with Crippen molar-refractivity contribution in [1.82, 2.24) is 24.5 Å². The average molecular weight is 460 g/mol. The summed E-state index contributed by atoms with van der Waals surface area (Å²) in [6, 6.07) is 9.86. The second kappa shape index (κ2) is 9.11.